The average Bonchev–Trinajstić information content (AvgIpc) is 3.55. The number of benzene rings is 7. The van der Waals surface area contributed by atoms with Gasteiger partial charge < -0.3 is 0 Å². The molecule has 0 saturated heterocycles. The first-order chi connectivity index (χ1) is 30.8. The van der Waals surface area contributed by atoms with Crippen molar-refractivity contribution >= 4 is 0 Å². The molecular formula is C59H48N4. The first kappa shape index (κ1) is 37.8. The third-order valence-corrected chi connectivity index (χ3v) is 15.1. The van der Waals surface area contributed by atoms with Crippen LogP contribution in [0.15, 0.2) is 164 Å². The number of nitriles is 1. The third kappa shape index (κ3) is 6.53. The van der Waals surface area contributed by atoms with Gasteiger partial charge in [-0.15, -0.1) is 0 Å². The van der Waals surface area contributed by atoms with Crippen molar-refractivity contribution in [2.45, 2.75) is 63.2 Å². The van der Waals surface area contributed by atoms with Crippen molar-refractivity contribution in [3.63, 3.8) is 0 Å². The Bertz CT molecular complexity index is 3010. The Kier molecular flexibility index (Phi) is 8.73. The maximum absolute atomic E-state index is 9.63. The molecule has 0 N–H and O–H groups in total. The zero-order chi connectivity index (χ0) is 42.3. The Hall–Kier alpha value is -6.96. The van der Waals surface area contributed by atoms with Crippen LogP contribution in [0.2, 0.25) is 0 Å². The lowest BCUT2D eigenvalue weighted by molar-refractivity contribution is -0.00518. The second-order valence-corrected chi connectivity index (χ2v) is 19.4. The van der Waals surface area contributed by atoms with Crippen LogP contribution in [0.4, 0.5) is 0 Å². The summed E-state index contributed by atoms with van der Waals surface area (Å²) in [5, 5.41) is 9.63. The van der Waals surface area contributed by atoms with E-state index in [4.69, 9.17) is 15.0 Å². The Balaban J connectivity index is 0.948. The van der Waals surface area contributed by atoms with Crippen LogP contribution in [0.1, 0.15) is 74.6 Å². The van der Waals surface area contributed by atoms with Gasteiger partial charge in [-0.1, -0.05) is 141 Å². The number of rotatable bonds is 7. The van der Waals surface area contributed by atoms with Crippen molar-refractivity contribution in [3.05, 3.63) is 186 Å². The Morgan fingerprint density at radius 1 is 0.429 bits per heavy atom. The SMILES string of the molecule is CC1(C)c2cc(C#N)ccc2-c2ccc(-c3ccc(-c4nc(-c5ccc(C67C[C@H]8C[C@@H](C6)C[C@@H](C7)C8)cc5)nc(-c5cc(-c6ccccc6)cc(-c6ccccc6)c5)n4)cc3)cc21. The van der Waals surface area contributed by atoms with Crippen LogP contribution < -0.4 is 0 Å². The van der Waals surface area contributed by atoms with Crippen molar-refractivity contribution in [3.8, 4) is 84.7 Å². The lowest BCUT2D eigenvalue weighted by Crippen LogP contribution is -2.48. The Morgan fingerprint density at radius 3 is 1.40 bits per heavy atom. The minimum absolute atomic E-state index is 0.212. The molecule has 4 nitrogen and oxygen atoms in total. The predicted octanol–water partition coefficient (Wildman–Crippen LogP) is 14.5. The van der Waals surface area contributed by atoms with Gasteiger partial charge in [-0.05, 0) is 159 Å². The zero-order valence-corrected chi connectivity index (χ0v) is 35.9. The molecule has 5 aliphatic rings. The summed E-state index contributed by atoms with van der Waals surface area (Å²) in [6.07, 6.45) is 8.36. The third-order valence-electron chi connectivity index (χ3n) is 15.1. The van der Waals surface area contributed by atoms with Crippen molar-refractivity contribution in [1.82, 2.24) is 15.0 Å². The molecule has 0 spiro atoms. The van der Waals surface area contributed by atoms with Gasteiger partial charge >= 0.3 is 0 Å². The predicted molar refractivity (Wildman–Crippen MR) is 255 cm³/mol. The molecule has 0 unspecified atom stereocenters. The van der Waals surface area contributed by atoms with Crippen LogP contribution in [0.5, 0.6) is 0 Å². The molecule has 4 bridgehead atoms. The van der Waals surface area contributed by atoms with Crippen molar-refractivity contribution in [1.29, 1.82) is 5.26 Å². The number of fused-ring (bicyclic) bond motifs is 3. The Morgan fingerprint density at radius 2 is 0.857 bits per heavy atom. The van der Waals surface area contributed by atoms with Gasteiger partial charge in [0.1, 0.15) is 0 Å². The normalized spacial score (nSPS) is 21.1. The lowest BCUT2D eigenvalue weighted by Gasteiger charge is -2.57. The van der Waals surface area contributed by atoms with E-state index >= 15 is 0 Å². The lowest BCUT2D eigenvalue weighted by atomic mass is 9.48. The van der Waals surface area contributed by atoms with Crippen LogP contribution in [0.3, 0.4) is 0 Å². The van der Waals surface area contributed by atoms with E-state index in [0.29, 0.717) is 28.5 Å². The summed E-state index contributed by atoms with van der Waals surface area (Å²) in [5.41, 5.74) is 17.0. The van der Waals surface area contributed by atoms with Gasteiger partial charge in [0, 0.05) is 22.1 Å². The highest BCUT2D eigenvalue weighted by Gasteiger charge is 2.51. The first-order valence-corrected chi connectivity index (χ1v) is 22.7. The van der Waals surface area contributed by atoms with E-state index in [-0.39, 0.29) is 5.41 Å². The molecule has 0 radical (unpaired) electrons. The molecule has 4 fully saturated rings. The van der Waals surface area contributed by atoms with Crippen LogP contribution in [-0.2, 0) is 10.8 Å². The minimum Gasteiger partial charge on any atom is -0.208 e. The summed E-state index contributed by atoms with van der Waals surface area (Å²) in [6.45, 7) is 4.52. The van der Waals surface area contributed by atoms with E-state index in [1.807, 2.05) is 6.07 Å². The minimum atomic E-state index is -0.212. The number of nitrogens with zero attached hydrogens (tertiary/aromatic N) is 4. The quantitative estimate of drug-likeness (QED) is 0.161. The second kappa shape index (κ2) is 14.6. The summed E-state index contributed by atoms with van der Waals surface area (Å²) in [7, 11) is 0. The highest BCUT2D eigenvalue weighted by atomic mass is 15.0. The summed E-state index contributed by atoms with van der Waals surface area (Å²) in [5.74, 6) is 4.68. The average molecular weight is 813 g/mol. The molecule has 0 amide bonds. The van der Waals surface area contributed by atoms with E-state index in [9.17, 15) is 5.26 Å². The molecular weight excluding hydrogens is 765 g/mol. The van der Waals surface area contributed by atoms with Crippen molar-refractivity contribution in [2.75, 3.05) is 0 Å². The molecule has 1 aromatic heterocycles. The van der Waals surface area contributed by atoms with Gasteiger partial charge in [0.25, 0.3) is 0 Å². The van der Waals surface area contributed by atoms with Gasteiger partial charge in [0.2, 0.25) is 0 Å². The molecule has 0 aliphatic heterocycles. The fourth-order valence-electron chi connectivity index (χ4n) is 12.3. The molecule has 7 aromatic carbocycles. The van der Waals surface area contributed by atoms with Gasteiger partial charge in [0.05, 0.1) is 11.6 Å². The van der Waals surface area contributed by atoms with E-state index in [1.54, 1.807) is 0 Å². The van der Waals surface area contributed by atoms with Gasteiger partial charge in [-0.25, -0.2) is 15.0 Å². The van der Waals surface area contributed by atoms with Gasteiger partial charge in [0.15, 0.2) is 17.5 Å². The van der Waals surface area contributed by atoms with Crippen LogP contribution >= 0.6 is 0 Å². The smallest absolute Gasteiger partial charge is 0.164 e. The van der Waals surface area contributed by atoms with E-state index in [2.05, 4.69) is 178 Å². The van der Waals surface area contributed by atoms with Crippen LogP contribution in [0, 0.1) is 29.1 Å². The van der Waals surface area contributed by atoms with Crippen molar-refractivity contribution in [2.24, 2.45) is 17.8 Å². The summed E-state index contributed by atoms with van der Waals surface area (Å²) < 4.78 is 0. The molecule has 8 aromatic rings. The summed E-state index contributed by atoms with van der Waals surface area (Å²) in [6, 6.07) is 61.0. The summed E-state index contributed by atoms with van der Waals surface area (Å²) in [4.78, 5) is 15.8. The highest BCUT2D eigenvalue weighted by molar-refractivity contribution is 5.85. The number of hydrogen-bond acceptors (Lipinski definition) is 4. The summed E-state index contributed by atoms with van der Waals surface area (Å²) >= 11 is 0. The first-order valence-electron chi connectivity index (χ1n) is 22.7. The second-order valence-electron chi connectivity index (χ2n) is 19.4. The van der Waals surface area contributed by atoms with E-state index in [1.165, 1.54) is 66.3 Å². The topological polar surface area (TPSA) is 62.5 Å². The van der Waals surface area contributed by atoms with E-state index < -0.39 is 0 Å². The van der Waals surface area contributed by atoms with Gasteiger partial charge in [-0.3, -0.25) is 0 Å². The molecule has 1 heterocycles. The van der Waals surface area contributed by atoms with Crippen LogP contribution in [-0.4, -0.2) is 15.0 Å². The molecule has 4 saturated carbocycles. The fraction of sp³-hybridized carbons (Fsp3) is 0.220. The number of hydrogen-bond donors (Lipinski definition) is 0. The molecule has 63 heavy (non-hydrogen) atoms. The zero-order valence-electron chi connectivity index (χ0n) is 35.9. The van der Waals surface area contributed by atoms with E-state index in [0.717, 1.165) is 67.8 Å². The fourth-order valence-corrected chi connectivity index (χ4v) is 12.3. The molecule has 5 aliphatic carbocycles. The maximum atomic E-state index is 9.63. The number of aromatic nitrogens is 3. The monoisotopic (exact) mass is 812 g/mol. The molecule has 304 valence electrons. The highest BCUT2D eigenvalue weighted by Crippen LogP contribution is 2.61. The standard InChI is InChI=1S/C59H48N4/c1-58(2)53-28-37(36-60)13-23-51(53)52-24-20-46(32-54(52)58)43-14-16-44(17-15-43)55-61-56(45-18-21-50(22-19-45)59-33-38-25-39(34-59)27-40(26-38)35-59)63-57(62-55)49-30-47(41-9-5-3-6-10-41)29-48(31-49)42-11-7-4-8-12-42/h3-24,28-32,38-40H,25-27,33-35H2,1-2H3/t38-,39+,40-,59?. The molecule has 13 rings (SSSR count). The maximum Gasteiger partial charge on any atom is 0.164 e. The molecule has 4 heteroatoms. The van der Waals surface area contributed by atoms with Crippen molar-refractivity contribution < 1.29 is 0 Å². The molecule has 0 atom stereocenters. The van der Waals surface area contributed by atoms with Crippen LogP contribution in [0.25, 0.3) is 78.7 Å². The Labute approximate surface area is 370 Å². The van der Waals surface area contributed by atoms with Gasteiger partial charge in [-0.2, -0.15) is 5.26 Å². The largest absolute Gasteiger partial charge is 0.208 e.